The first-order valence-corrected chi connectivity index (χ1v) is 10.9. The van der Waals surface area contributed by atoms with Gasteiger partial charge in [-0.2, -0.15) is 0 Å². The third-order valence-electron chi connectivity index (χ3n) is 5.75. The zero-order valence-corrected chi connectivity index (χ0v) is 18.3. The van der Waals surface area contributed by atoms with Crippen molar-refractivity contribution < 1.29 is 9.47 Å². The highest BCUT2D eigenvalue weighted by molar-refractivity contribution is 5.33. The van der Waals surface area contributed by atoms with Gasteiger partial charge in [-0.15, -0.1) is 0 Å². The molecule has 0 aliphatic carbocycles. The van der Waals surface area contributed by atoms with Crippen molar-refractivity contribution in [2.75, 3.05) is 46.9 Å². The monoisotopic (exact) mass is 396 g/mol. The van der Waals surface area contributed by atoms with E-state index in [4.69, 9.17) is 9.47 Å². The Balaban J connectivity index is 1.45. The van der Waals surface area contributed by atoms with E-state index in [0.29, 0.717) is 6.61 Å². The van der Waals surface area contributed by atoms with Gasteiger partial charge < -0.3 is 19.3 Å². The summed E-state index contributed by atoms with van der Waals surface area (Å²) in [5, 5.41) is 0. The van der Waals surface area contributed by atoms with E-state index in [1.165, 1.54) is 37.1 Å². The Morgan fingerprint density at radius 3 is 2.66 bits per heavy atom. The molecule has 29 heavy (non-hydrogen) atoms. The molecule has 3 rings (SSSR count). The summed E-state index contributed by atoms with van der Waals surface area (Å²) in [4.78, 5) is 5.09. The summed E-state index contributed by atoms with van der Waals surface area (Å²) in [6.45, 7) is 8.40. The van der Waals surface area contributed by atoms with E-state index < -0.39 is 0 Å². The predicted molar refractivity (Wildman–Crippen MR) is 120 cm³/mol. The van der Waals surface area contributed by atoms with Gasteiger partial charge in [-0.05, 0) is 75.0 Å². The molecular formula is C25H36N2O2. The van der Waals surface area contributed by atoms with Crippen LogP contribution in [0, 0.1) is 5.92 Å². The first-order chi connectivity index (χ1) is 14.2. The minimum absolute atomic E-state index is 0.717. The third kappa shape index (κ3) is 6.76. The molecule has 0 aromatic heterocycles. The zero-order chi connectivity index (χ0) is 20.5. The summed E-state index contributed by atoms with van der Waals surface area (Å²) in [7, 11) is 4.00. The van der Waals surface area contributed by atoms with E-state index in [1.54, 1.807) is 7.11 Å². The second-order valence-electron chi connectivity index (χ2n) is 8.14. The van der Waals surface area contributed by atoms with Crippen LogP contribution in [0.3, 0.4) is 0 Å². The second-order valence-corrected chi connectivity index (χ2v) is 8.14. The van der Waals surface area contributed by atoms with Gasteiger partial charge in [0.2, 0.25) is 0 Å². The van der Waals surface area contributed by atoms with E-state index in [-0.39, 0.29) is 0 Å². The van der Waals surface area contributed by atoms with Crippen molar-refractivity contribution in [3.05, 3.63) is 59.7 Å². The Kier molecular flexibility index (Phi) is 8.38. The molecule has 1 atom stereocenters. The summed E-state index contributed by atoms with van der Waals surface area (Å²) < 4.78 is 11.0. The Labute approximate surface area is 176 Å². The lowest BCUT2D eigenvalue weighted by molar-refractivity contribution is 0.142. The van der Waals surface area contributed by atoms with E-state index in [0.717, 1.165) is 43.5 Å². The largest absolute Gasteiger partial charge is 0.496 e. The Hall–Kier alpha value is -2.04. The number of nitrogens with zero attached hydrogens (tertiary/aromatic N) is 2. The maximum Gasteiger partial charge on any atom is 0.122 e. The number of piperidine rings is 1. The topological polar surface area (TPSA) is 24.9 Å². The molecule has 0 amide bonds. The van der Waals surface area contributed by atoms with Crippen LogP contribution in [0.15, 0.2) is 48.5 Å². The molecule has 2 aromatic rings. The minimum Gasteiger partial charge on any atom is -0.496 e. The van der Waals surface area contributed by atoms with Gasteiger partial charge in [0.25, 0.3) is 0 Å². The number of rotatable bonds is 10. The molecule has 4 heteroatoms. The van der Waals surface area contributed by atoms with E-state index in [9.17, 15) is 0 Å². The Morgan fingerprint density at radius 2 is 1.90 bits per heavy atom. The highest BCUT2D eigenvalue weighted by Gasteiger charge is 2.21. The lowest BCUT2D eigenvalue weighted by Crippen LogP contribution is -2.40. The number of hydrogen-bond donors (Lipinski definition) is 0. The van der Waals surface area contributed by atoms with Gasteiger partial charge in [0.05, 0.1) is 13.7 Å². The average molecular weight is 397 g/mol. The number of benzene rings is 2. The summed E-state index contributed by atoms with van der Waals surface area (Å²) >= 11 is 0. The highest BCUT2D eigenvalue weighted by atomic mass is 16.5. The molecule has 1 aliphatic rings. The molecule has 4 nitrogen and oxygen atoms in total. The summed E-state index contributed by atoms with van der Waals surface area (Å²) in [5.74, 6) is 2.71. The second kappa shape index (κ2) is 11.2. The average Bonchev–Trinajstić information content (AvgIpc) is 2.74. The zero-order valence-electron chi connectivity index (χ0n) is 18.3. The van der Waals surface area contributed by atoms with Gasteiger partial charge in [0.15, 0.2) is 0 Å². The Bertz CT molecular complexity index is 732. The van der Waals surface area contributed by atoms with Crippen molar-refractivity contribution >= 4 is 0 Å². The first-order valence-electron chi connectivity index (χ1n) is 10.9. The molecule has 0 bridgehead atoms. The van der Waals surface area contributed by atoms with Gasteiger partial charge in [0.1, 0.15) is 11.5 Å². The molecule has 0 N–H and O–H groups in total. The maximum atomic E-state index is 5.54. The minimum atomic E-state index is 0.717. The number of ether oxygens (including phenoxy) is 2. The van der Waals surface area contributed by atoms with E-state index >= 15 is 0 Å². The number of likely N-dealkylation sites (tertiary alicyclic amines) is 1. The third-order valence-corrected chi connectivity index (χ3v) is 5.75. The SMILES string of the molecule is CCOc1ccc(CN(C)CC2CCCN(CCc3ccccc3OC)C2)cc1. The molecule has 1 unspecified atom stereocenters. The van der Waals surface area contributed by atoms with Crippen LogP contribution in [0.25, 0.3) is 0 Å². The van der Waals surface area contributed by atoms with Crippen LogP contribution in [0.1, 0.15) is 30.9 Å². The first kappa shape index (κ1) is 21.7. The van der Waals surface area contributed by atoms with Crippen molar-refractivity contribution in [2.45, 2.75) is 32.7 Å². The smallest absolute Gasteiger partial charge is 0.122 e. The van der Waals surface area contributed by atoms with Crippen molar-refractivity contribution in [3.8, 4) is 11.5 Å². The van der Waals surface area contributed by atoms with Crippen molar-refractivity contribution in [2.24, 2.45) is 5.92 Å². The van der Waals surface area contributed by atoms with Crippen molar-refractivity contribution in [3.63, 3.8) is 0 Å². The molecule has 0 radical (unpaired) electrons. The summed E-state index contributed by atoms with van der Waals surface area (Å²) in [6.07, 6.45) is 3.69. The number of para-hydroxylation sites is 1. The van der Waals surface area contributed by atoms with E-state index in [1.807, 2.05) is 13.0 Å². The molecular weight excluding hydrogens is 360 g/mol. The normalized spacial score (nSPS) is 17.4. The van der Waals surface area contributed by atoms with Gasteiger partial charge in [-0.1, -0.05) is 30.3 Å². The lowest BCUT2D eigenvalue weighted by Gasteiger charge is -2.35. The van der Waals surface area contributed by atoms with Crippen LogP contribution < -0.4 is 9.47 Å². The number of methoxy groups -OCH3 is 1. The maximum absolute atomic E-state index is 5.54. The molecule has 2 aromatic carbocycles. The van der Waals surface area contributed by atoms with Gasteiger partial charge >= 0.3 is 0 Å². The van der Waals surface area contributed by atoms with Gasteiger partial charge in [-0.3, -0.25) is 0 Å². The summed E-state index contributed by atoms with van der Waals surface area (Å²) in [6, 6.07) is 16.9. The molecule has 0 spiro atoms. The van der Waals surface area contributed by atoms with Crippen LogP contribution in [-0.2, 0) is 13.0 Å². The Morgan fingerprint density at radius 1 is 1.10 bits per heavy atom. The standard InChI is InChI=1S/C25H36N2O2/c1-4-29-24-13-11-21(12-14-24)18-26(2)19-22-8-7-16-27(20-22)17-15-23-9-5-6-10-25(23)28-3/h5-6,9-14,22H,4,7-8,15-20H2,1-3H3. The lowest BCUT2D eigenvalue weighted by atomic mass is 9.97. The molecule has 158 valence electrons. The van der Waals surface area contributed by atoms with Crippen molar-refractivity contribution in [1.29, 1.82) is 0 Å². The quantitative estimate of drug-likeness (QED) is 0.591. The van der Waals surface area contributed by atoms with Crippen LogP contribution in [-0.4, -0.2) is 56.7 Å². The van der Waals surface area contributed by atoms with Gasteiger partial charge in [-0.25, -0.2) is 0 Å². The summed E-state index contributed by atoms with van der Waals surface area (Å²) in [5.41, 5.74) is 2.66. The molecule has 1 heterocycles. The molecule has 1 fully saturated rings. The van der Waals surface area contributed by atoms with Gasteiger partial charge in [0, 0.05) is 26.2 Å². The van der Waals surface area contributed by atoms with Crippen LogP contribution in [0.2, 0.25) is 0 Å². The molecule has 1 aliphatic heterocycles. The van der Waals surface area contributed by atoms with E-state index in [2.05, 4.69) is 59.3 Å². The fraction of sp³-hybridized carbons (Fsp3) is 0.520. The predicted octanol–water partition coefficient (Wildman–Crippen LogP) is 4.48. The fourth-order valence-corrected chi connectivity index (χ4v) is 4.37. The van der Waals surface area contributed by atoms with Crippen LogP contribution in [0.5, 0.6) is 11.5 Å². The van der Waals surface area contributed by atoms with Crippen LogP contribution in [0.4, 0.5) is 0 Å². The van der Waals surface area contributed by atoms with Crippen LogP contribution >= 0.6 is 0 Å². The highest BCUT2D eigenvalue weighted by Crippen LogP contribution is 2.22. The van der Waals surface area contributed by atoms with Crippen molar-refractivity contribution in [1.82, 2.24) is 9.80 Å². The molecule has 0 saturated carbocycles. The molecule has 1 saturated heterocycles. The fourth-order valence-electron chi connectivity index (χ4n) is 4.37. The number of hydrogen-bond acceptors (Lipinski definition) is 4.